The van der Waals surface area contributed by atoms with E-state index in [9.17, 15) is 10.1 Å². The van der Waals surface area contributed by atoms with Crippen LogP contribution >= 0.6 is 15.9 Å². The molecular weight excluding hydrogens is 258 g/mol. The third-order valence-corrected chi connectivity index (χ3v) is 3.29. The zero-order valence-electron chi connectivity index (χ0n) is 8.87. The van der Waals surface area contributed by atoms with Gasteiger partial charge in [-0.15, -0.1) is 0 Å². The highest BCUT2D eigenvalue weighted by Crippen LogP contribution is 2.23. The molecule has 1 rings (SSSR count). The van der Waals surface area contributed by atoms with Crippen LogP contribution in [0, 0.1) is 17.0 Å². The Morgan fingerprint density at radius 1 is 1.53 bits per heavy atom. The van der Waals surface area contributed by atoms with Crippen molar-refractivity contribution >= 4 is 21.6 Å². The number of alkyl halides is 1. The third-order valence-electron chi connectivity index (χ3n) is 2.32. The van der Waals surface area contributed by atoms with E-state index in [1.165, 1.54) is 0 Å². The molecule has 0 radical (unpaired) electrons. The van der Waals surface area contributed by atoms with Crippen LogP contribution in [-0.4, -0.2) is 9.75 Å². The van der Waals surface area contributed by atoms with Gasteiger partial charge in [0.05, 0.1) is 4.92 Å². The molecule has 0 saturated heterocycles. The smallest absolute Gasteiger partial charge is 0.258 e. The Labute approximate surface area is 97.8 Å². The maximum absolute atomic E-state index is 10.8. The first-order valence-corrected chi connectivity index (χ1v) is 5.84. The molecule has 1 unspecified atom stereocenters. The van der Waals surface area contributed by atoms with E-state index in [1.807, 2.05) is 13.0 Å². The molecule has 3 nitrogen and oxygen atoms in total. The SMILES string of the molecule is CCC(Br)Cc1cc(C)ccc1[N+](=O)[O-]. The molecule has 0 aliphatic heterocycles. The minimum Gasteiger partial charge on any atom is -0.258 e. The van der Waals surface area contributed by atoms with Crippen LogP contribution < -0.4 is 0 Å². The molecule has 0 heterocycles. The van der Waals surface area contributed by atoms with Crippen molar-refractivity contribution in [3.63, 3.8) is 0 Å². The lowest BCUT2D eigenvalue weighted by molar-refractivity contribution is -0.385. The Balaban J connectivity index is 3.02. The van der Waals surface area contributed by atoms with Gasteiger partial charge < -0.3 is 0 Å². The monoisotopic (exact) mass is 271 g/mol. The summed E-state index contributed by atoms with van der Waals surface area (Å²) in [5.41, 5.74) is 2.09. The first kappa shape index (κ1) is 12.2. The van der Waals surface area contributed by atoms with Crippen LogP contribution in [0.15, 0.2) is 18.2 Å². The lowest BCUT2D eigenvalue weighted by Crippen LogP contribution is -2.04. The van der Waals surface area contributed by atoms with Crippen molar-refractivity contribution in [1.82, 2.24) is 0 Å². The second-order valence-corrected chi connectivity index (χ2v) is 4.89. The number of halogens is 1. The van der Waals surface area contributed by atoms with Crippen LogP contribution in [0.25, 0.3) is 0 Å². The fourth-order valence-electron chi connectivity index (χ4n) is 1.44. The zero-order valence-corrected chi connectivity index (χ0v) is 10.5. The standard InChI is InChI=1S/C11H14BrNO2/c1-3-10(12)7-9-6-8(2)4-5-11(9)13(14)15/h4-6,10H,3,7H2,1-2H3. The molecule has 1 aromatic rings. The van der Waals surface area contributed by atoms with Crippen molar-refractivity contribution in [2.45, 2.75) is 31.5 Å². The van der Waals surface area contributed by atoms with Crippen molar-refractivity contribution in [2.75, 3.05) is 0 Å². The highest BCUT2D eigenvalue weighted by atomic mass is 79.9. The minimum atomic E-state index is -0.315. The molecule has 0 fully saturated rings. The van der Waals surface area contributed by atoms with Gasteiger partial charge in [-0.25, -0.2) is 0 Å². The van der Waals surface area contributed by atoms with E-state index in [2.05, 4.69) is 22.9 Å². The van der Waals surface area contributed by atoms with E-state index in [4.69, 9.17) is 0 Å². The van der Waals surface area contributed by atoms with Crippen molar-refractivity contribution in [1.29, 1.82) is 0 Å². The van der Waals surface area contributed by atoms with Crippen LogP contribution in [0.5, 0.6) is 0 Å². The highest BCUT2D eigenvalue weighted by molar-refractivity contribution is 9.09. The van der Waals surface area contributed by atoms with Crippen LogP contribution in [0.1, 0.15) is 24.5 Å². The number of nitro benzene ring substituents is 1. The van der Waals surface area contributed by atoms with Crippen LogP contribution in [-0.2, 0) is 6.42 Å². The molecule has 1 atom stereocenters. The highest BCUT2D eigenvalue weighted by Gasteiger charge is 2.15. The molecular formula is C11H14BrNO2. The molecule has 15 heavy (non-hydrogen) atoms. The number of nitrogens with zero attached hydrogens (tertiary/aromatic N) is 1. The average Bonchev–Trinajstić information content (AvgIpc) is 2.17. The second kappa shape index (κ2) is 5.26. The first-order valence-electron chi connectivity index (χ1n) is 4.92. The Hall–Kier alpha value is -0.900. The van der Waals surface area contributed by atoms with Gasteiger partial charge in [0.15, 0.2) is 0 Å². The van der Waals surface area contributed by atoms with Gasteiger partial charge >= 0.3 is 0 Å². The third kappa shape index (κ3) is 3.30. The average molecular weight is 272 g/mol. The molecule has 0 aliphatic rings. The first-order chi connectivity index (χ1) is 7.04. The van der Waals surface area contributed by atoms with Gasteiger partial charge in [0.1, 0.15) is 0 Å². The maximum atomic E-state index is 10.8. The van der Waals surface area contributed by atoms with Crippen LogP contribution in [0.2, 0.25) is 0 Å². The lowest BCUT2D eigenvalue weighted by atomic mass is 10.0. The summed E-state index contributed by atoms with van der Waals surface area (Å²) in [6.07, 6.45) is 1.67. The fraction of sp³-hybridized carbons (Fsp3) is 0.455. The van der Waals surface area contributed by atoms with Crippen molar-refractivity contribution in [3.05, 3.63) is 39.4 Å². The van der Waals surface area contributed by atoms with Gasteiger partial charge in [-0.3, -0.25) is 10.1 Å². The van der Waals surface area contributed by atoms with Gasteiger partial charge in [0.2, 0.25) is 0 Å². The van der Waals surface area contributed by atoms with Gasteiger partial charge in [0, 0.05) is 16.5 Å². The van der Waals surface area contributed by atoms with E-state index in [0.29, 0.717) is 11.2 Å². The molecule has 0 saturated carbocycles. The number of hydrogen-bond donors (Lipinski definition) is 0. The minimum absolute atomic E-state index is 0.221. The van der Waals surface area contributed by atoms with E-state index in [-0.39, 0.29) is 10.6 Å². The molecule has 0 aromatic heterocycles. The molecule has 4 heteroatoms. The molecule has 0 bridgehead atoms. The fourth-order valence-corrected chi connectivity index (χ4v) is 1.79. The van der Waals surface area contributed by atoms with Gasteiger partial charge in [-0.05, 0) is 25.8 Å². The Morgan fingerprint density at radius 3 is 2.73 bits per heavy atom. The van der Waals surface area contributed by atoms with E-state index in [1.54, 1.807) is 12.1 Å². The Bertz CT molecular complexity index is 366. The topological polar surface area (TPSA) is 43.1 Å². The zero-order chi connectivity index (χ0) is 11.4. The summed E-state index contributed by atoms with van der Waals surface area (Å²) >= 11 is 3.50. The van der Waals surface area contributed by atoms with Gasteiger partial charge in [0.25, 0.3) is 5.69 Å². The van der Waals surface area contributed by atoms with Crippen molar-refractivity contribution in [2.24, 2.45) is 0 Å². The maximum Gasteiger partial charge on any atom is 0.272 e. The van der Waals surface area contributed by atoms with E-state index in [0.717, 1.165) is 17.5 Å². The van der Waals surface area contributed by atoms with Gasteiger partial charge in [-0.2, -0.15) is 0 Å². The van der Waals surface area contributed by atoms with Crippen molar-refractivity contribution in [3.8, 4) is 0 Å². The molecule has 82 valence electrons. The normalized spacial score (nSPS) is 12.5. The summed E-state index contributed by atoms with van der Waals surface area (Å²) < 4.78 is 0. The summed E-state index contributed by atoms with van der Waals surface area (Å²) in [4.78, 5) is 10.8. The summed E-state index contributed by atoms with van der Waals surface area (Å²) in [6, 6.07) is 5.25. The van der Waals surface area contributed by atoms with Crippen LogP contribution in [0.4, 0.5) is 5.69 Å². The number of aryl methyl sites for hydroxylation is 1. The van der Waals surface area contributed by atoms with Gasteiger partial charge in [-0.1, -0.05) is 34.5 Å². The molecule has 0 N–H and O–H groups in total. The summed E-state index contributed by atoms with van der Waals surface area (Å²) in [5.74, 6) is 0. The van der Waals surface area contributed by atoms with E-state index < -0.39 is 0 Å². The summed E-state index contributed by atoms with van der Waals surface area (Å²) in [6.45, 7) is 4.00. The van der Waals surface area contributed by atoms with E-state index >= 15 is 0 Å². The quantitative estimate of drug-likeness (QED) is 0.477. The summed E-state index contributed by atoms with van der Waals surface area (Å²) in [5, 5.41) is 10.8. The number of benzene rings is 1. The number of rotatable bonds is 4. The molecule has 0 aliphatic carbocycles. The van der Waals surface area contributed by atoms with Crippen LogP contribution in [0.3, 0.4) is 0 Å². The Morgan fingerprint density at radius 2 is 2.20 bits per heavy atom. The lowest BCUT2D eigenvalue weighted by Gasteiger charge is -2.08. The molecule has 1 aromatic carbocycles. The molecule has 0 spiro atoms. The molecule has 0 amide bonds. The Kier molecular flexibility index (Phi) is 4.27. The summed E-state index contributed by atoms with van der Waals surface area (Å²) in [7, 11) is 0. The number of nitro groups is 1. The largest absolute Gasteiger partial charge is 0.272 e. The predicted molar refractivity (Wildman–Crippen MR) is 64.5 cm³/mol. The van der Waals surface area contributed by atoms with Crippen molar-refractivity contribution < 1.29 is 4.92 Å². The number of hydrogen-bond acceptors (Lipinski definition) is 2. The second-order valence-electron chi connectivity index (χ2n) is 3.60. The predicted octanol–water partition coefficient (Wildman–Crippen LogP) is 3.62.